The molecule has 20 heavy (non-hydrogen) atoms. The lowest BCUT2D eigenvalue weighted by molar-refractivity contribution is 0.266. The number of rotatable bonds is 4. The summed E-state index contributed by atoms with van der Waals surface area (Å²) in [6.45, 7) is 0.806. The van der Waals surface area contributed by atoms with E-state index in [9.17, 15) is 0 Å². The van der Waals surface area contributed by atoms with E-state index in [0.717, 1.165) is 6.42 Å². The van der Waals surface area contributed by atoms with Gasteiger partial charge in [0.1, 0.15) is 0 Å². The second kappa shape index (κ2) is 6.72. The maximum Gasteiger partial charge on any atom is 0.0644 e. The van der Waals surface area contributed by atoms with Crippen molar-refractivity contribution < 1.29 is 5.11 Å². The van der Waals surface area contributed by atoms with Crippen molar-refractivity contribution in [3.05, 3.63) is 17.5 Å². The molecule has 0 radical (unpaired) electrons. The molecule has 4 nitrogen and oxygen atoms in total. The molecule has 1 aromatic heterocycles. The first-order valence-electron chi connectivity index (χ1n) is 8.30. The first-order valence-corrected chi connectivity index (χ1v) is 8.30. The lowest BCUT2D eigenvalue weighted by Crippen LogP contribution is -2.34. The predicted molar refractivity (Wildman–Crippen MR) is 79.6 cm³/mol. The maximum absolute atomic E-state index is 9.12. The Morgan fingerprint density at radius 2 is 1.95 bits per heavy atom. The van der Waals surface area contributed by atoms with Crippen LogP contribution in [0.1, 0.15) is 68.7 Å². The molecule has 1 aromatic rings. The fraction of sp³-hybridized carbons (Fsp3) is 0.812. The molecule has 112 valence electrons. The zero-order valence-corrected chi connectivity index (χ0v) is 12.4. The molecule has 2 aliphatic carbocycles. The second-order valence-corrected chi connectivity index (χ2v) is 6.29. The Morgan fingerprint density at radius 3 is 2.70 bits per heavy atom. The van der Waals surface area contributed by atoms with Crippen LogP contribution in [0, 0.1) is 0 Å². The van der Waals surface area contributed by atoms with Gasteiger partial charge in [-0.25, -0.2) is 0 Å². The molecule has 0 aromatic carbocycles. The number of fused-ring (bicyclic) bond motifs is 1. The van der Waals surface area contributed by atoms with Crippen molar-refractivity contribution in [3.8, 4) is 0 Å². The monoisotopic (exact) mass is 277 g/mol. The topological polar surface area (TPSA) is 50.1 Å². The average Bonchev–Trinajstić information content (AvgIpc) is 2.70. The largest absolute Gasteiger partial charge is 0.394 e. The fourth-order valence-corrected chi connectivity index (χ4v) is 3.81. The molecular formula is C16H27N3O. The van der Waals surface area contributed by atoms with Crippen LogP contribution in [-0.4, -0.2) is 27.5 Å². The van der Waals surface area contributed by atoms with Gasteiger partial charge in [0.2, 0.25) is 0 Å². The van der Waals surface area contributed by atoms with Gasteiger partial charge in [0.15, 0.2) is 0 Å². The standard InChI is InChI=1S/C16H27N3O/c20-11-10-19-16-9-5-8-15(14(16)12-17-19)18-13-6-3-1-2-4-7-13/h12-13,15,18,20H,1-11H2. The summed E-state index contributed by atoms with van der Waals surface area (Å²) in [7, 11) is 0. The average molecular weight is 277 g/mol. The summed E-state index contributed by atoms with van der Waals surface area (Å²) in [6, 6.07) is 1.17. The summed E-state index contributed by atoms with van der Waals surface area (Å²) in [6.07, 6.45) is 13.8. The molecule has 1 unspecified atom stereocenters. The minimum Gasteiger partial charge on any atom is -0.394 e. The van der Waals surface area contributed by atoms with E-state index in [1.165, 1.54) is 62.6 Å². The minimum absolute atomic E-state index is 0.175. The Labute approximate surface area is 121 Å². The molecule has 1 saturated carbocycles. The number of aliphatic hydroxyl groups is 1. The van der Waals surface area contributed by atoms with Gasteiger partial charge in [-0.05, 0) is 32.1 Å². The zero-order chi connectivity index (χ0) is 13.8. The molecule has 1 heterocycles. The third-order valence-corrected chi connectivity index (χ3v) is 4.87. The summed E-state index contributed by atoms with van der Waals surface area (Å²) in [5.41, 5.74) is 2.73. The number of hydrogen-bond donors (Lipinski definition) is 2. The molecule has 3 rings (SSSR count). The molecular weight excluding hydrogens is 250 g/mol. The van der Waals surface area contributed by atoms with Crippen LogP contribution in [0.25, 0.3) is 0 Å². The molecule has 0 spiro atoms. The molecule has 2 aliphatic rings. The summed E-state index contributed by atoms with van der Waals surface area (Å²) < 4.78 is 2.00. The van der Waals surface area contributed by atoms with Gasteiger partial charge in [0.05, 0.1) is 19.3 Å². The Balaban J connectivity index is 1.69. The van der Waals surface area contributed by atoms with Crippen molar-refractivity contribution in [2.45, 2.75) is 76.4 Å². The van der Waals surface area contributed by atoms with Crippen LogP contribution in [-0.2, 0) is 13.0 Å². The lowest BCUT2D eigenvalue weighted by atomic mass is 9.91. The van der Waals surface area contributed by atoms with Gasteiger partial charge >= 0.3 is 0 Å². The smallest absolute Gasteiger partial charge is 0.0644 e. The quantitative estimate of drug-likeness (QED) is 0.832. The minimum atomic E-state index is 0.175. The highest BCUT2D eigenvalue weighted by Gasteiger charge is 2.26. The highest BCUT2D eigenvalue weighted by atomic mass is 16.3. The Kier molecular flexibility index (Phi) is 4.73. The molecule has 0 amide bonds. The molecule has 4 heteroatoms. The van der Waals surface area contributed by atoms with Gasteiger partial charge in [0.25, 0.3) is 0 Å². The van der Waals surface area contributed by atoms with E-state index in [2.05, 4.69) is 10.4 Å². The van der Waals surface area contributed by atoms with Crippen LogP contribution < -0.4 is 5.32 Å². The third kappa shape index (κ3) is 3.07. The summed E-state index contributed by atoms with van der Waals surface area (Å²) in [5, 5.41) is 17.5. The summed E-state index contributed by atoms with van der Waals surface area (Å²) >= 11 is 0. The van der Waals surface area contributed by atoms with Crippen LogP contribution in [0.2, 0.25) is 0 Å². The van der Waals surface area contributed by atoms with Crippen molar-refractivity contribution in [1.82, 2.24) is 15.1 Å². The van der Waals surface area contributed by atoms with Gasteiger partial charge in [-0.2, -0.15) is 5.10 Å². The third-order valence-electron chi connectivity index (χ3n) is 4.87. The Hall–Kier alpha value is -0.870. The van der Waals surface area contributed by atoms with Gasteiger partial charge in [-0.3, -0.25) is 4.68 Å². The number of aliphatic hydroxyl groups excluding tert-OH is 1. The highest BCUT2D eigenvalue weighted by molar-refractivity contribution is 5.25. The number of nitrogens with one attached hydrogen (secondary N) is 1. The zero-order valence-electron chi connectivity index (χ0n) is 12.4. The van der Waals surface area contributed by atoms with Crippen molar-refractivity contribution in [2.24, 2.45) is 0 Å². The number of aromatic nitrogens is 2. The normalized spacial score (nSPS) is 24.4. The summed E-state index contributed by atoms with van der Waals surface area (Å²) in [5.74, 6) is 0. The molecule has 2 N–H and O–H groups in total. The van der Waals surface area contributed by atoms with E-state index in [1.807, 2.05) is 10.9 Å². The van der Waals surface area contributed by atoms with Gasteiger partial charge in [-0.1, -0.05) is 25.7 Å². The molecule has 0 aliphatic heterocycles. The molecule has 1 fully saturated rings. The van der Waals surface area contributed by atoms with Crippen LogP contribution in [0.4, 0.5) is 0 Å². The van der Waals surface area contributed by atoms with E-state index in [0.29, 0.717) is 18.6 Å². The fourth-order valence-electron chi connectivity index (χ4n) is 3.81. The van der Waals surface area contributed by atoms with Crippen molar-refractivity contribution >= 4 is 0 Å². The lowest BCUT2D eigenvalue weighted by Gasteiger charge is -2.28. The predicted octanol–water partition coefficient (Wildman–Crippen LogP) is 2.57. The van der Waals surface area contributed by atoms with Crippen LogP contribution in [0.3, 0.4) is 0 Å². The maximum atomic E-state index is 9.12. The first-order chi connectivity index (χ1) is 9.88. The molecule has 0 saturated heterocycles. The number of hydrogen-bond acceptors (Lipinski definition) is 3. The van der Waals surface area contributed by atoms with Gasteiger partial charge in [0, 0.05) is 23.3 Å². The van der Waals surface area contributed by atoms with E-state index < -0.39 is 0 Å². The summed E-state index contributed by atoms with van der Waals surface area (Å²) in [4.78, 5) is 0. The SMILES string of the molecule is OCCn1ncc2c1CCCC2NC1CCCCCC1. The van der Waals surface area contributed by atoms with Crippen molar-refractivity contribution in [3.63, 3.8) is 0 Å². The van der Waals surface area contributed by atoms with E-state index >= 15 is 0 Å². The molecule has 1 atom stereocenters. The van der Waals surface area contributed by atoms with Crippen LogP contribution in [0.5, 0.6) is 0 Å². The van der Waals surface area contributed by atoms with E-state index in [-0.39, 0.29) is 6.61 Å². The second-order valence-electron chi connectivity index (χ2n) is 6.29. The first kappa shape index (κ1) is 14.1. The Morgan fingerprint density at radius 1 is 1.15 bits per heavy atom. The van der Waals surface area contributed by atoms with Crippen LogP contribution >= 0.6 is 0 Å². The number of nitrogens with zero attached hydrogens (tertiary/aromatic N) is 2. The van der Waals surface area contributed by atoms with Gasteiger partial charge in [-0.15, -0.1) is 0 Å². The van der Waals surface area contributed by atoms with E-state index in [1.54, 1.807) is 0 Å². The Bertz CT molecular complexity index is 421. The highest BCUT2D eigenvalue weighted by Crippen LogP contribution is 2.31. The van der Waals surface area contributed by atoms with Crippen molar-refractivity contribution in [2.75, 3.05) is 6.61 Å². The molecule has 0 bridgehead atoms. The van der Waals surface area contributed by atoms with Gasteiger partial charge < -0.3 is 10.4 Å². The van der Waals surface area contributed by atoms with Crippen LogP contribution in [0.15, 0.2) is 6.20 Å². The van der Waals surface area contributed by atoms with Crippen molar-refractivity contribution in [1.29, 1.82) is 0 Å². The van der Waals surface area contributed by atoms with E-state index in [4.69, 9.17) is 5.11 Å².